The molecule has 0 bridgehead atoms. The third-order valence-corrected chi connectivity index (χ3v) is 7.72. The fourth-order valence-electron chi connectivity index (χ4n) is 5.95. The molecular weight excluding hydrogens is 428 g/mol. The Balaban J connectivity index is 1.74. The van der Waals surface area contributed by atoms with Crippen molar-refractivity contribution in [1.82, 2.24) is 0 Å². The van der Waals surface area contributed by atoms with E-state index in [4.69, 9.17) is 9.47 Å². The molecule has 0 saturated heterocycles. The summed E-state index contributed by atoms with van der Waals surface area (Å²) >= 11 is 0. The van der Waals surface area contributed by atoms with E-state index in [1.165, 1.54) is 11.1 Å². The van der Waals surface area contributed by atoms with Gasteiger partial charge in [0.1, 0.15) is 5.60 Å². The van der Waals surface area contributed by atoms with Crippen molar-refractivity contribution in [1.29, 1.82) is 0 Å². The fraction of sp³-hybridized carbons (Fsp3) is 0.690. The lowest BCUT2D eigenvalue weighted by Gasteiger charge is -2.42. The van der Waals surface area contributed by atoms with E-state index in [2.05, 4.69) is 38.7 Å². The first-order chi connectivity index (χ1) is 15.9. The van der Waals surface area contributed by atoms with Crippen molar-refractivity contribution in [2.45, 2.75) is 117 Å². The maximum Gasteiger partial charge on any atom is 0.335 e. The van der Waals surface area contributed by atoms with Crippen LogP contribution in [0.3, 0.4) is 0 Å². The first kappa shape index (κ1) is 26.9. The number of esters is 1. The van der Waals surface area contributed by atoms with Crippen molar-refractivity contribution in [3.05, 3.63) is 47.1 Å². The summed E-state index contributed by atoms with van der Waals surface area (Å²) in [4.78, 5) is 12.6. The largest absolute Gasteiger partial charge is 0.458 e. The van der Waals surface area contributed by atoms with Gasteiger partial charge in [-0.3, -0.25) is 0 Å². The Morgan fingerprint density at radius 3 is 2.68 bits per heavy atom. The molecule has 0 amide bonds. The summed E-state index contributed by atoms with van der Waals surface area (Å²) in [5.41, 5.74) is 3.81. The van der Waals surface area contributed by atoms with Gasteiger partial charge in [-0.25, -0.2) is 4.79 Å². The third-order valence-electron chi connectivity index (χ3n) is 7.72. The van der Waals surface area contributed by atoms with Gasteiger partial charge in [0.05, 0.1) is 18.3 Å². The van der Waals surface area contributed by atoms with Crippen LogP contribution < -0.4 is 0 Å². The molecule has 2 fully saturated rings. The van der Waals surface area contributed by atoms with Crippen molar-refractivity contribution < 1.29 is 24.5 Å². The van der Waals surface area contributed by atoms with E-state index in [-0.39, 0.29) is 17.5 Å². The van der Waals surface area contributed by atoms with Crippen molar-refractivity contribution >= 4 is 5.97 Å². The SMILES string of the molecule is C=C1/C(=C\C=C2/CCC[C@]3(C)C(C(C)O[C@@H](CC)C(=O)OC(C)(C)C)=CC[C@@H]23)C[C@@H](O)C[C@@H]1O. The lowest BCUT2D eigenvalue weighted by molar-refractivity contribution is -0.171. The minimum atomic E-state index is -0.667. The summed E-state index contributed by atoms with van der Waals surface area (Å²) in [5, 5.41) is 20.2. The van der Waals surface area contributed by atoms with Crippen LogP contribution in [-0.2, 0) is 14.3 Å². The molecule has 2 saturated carbocycles. The van der Waals surface area contributed by atoms with E-state index in [0.717, 1.165) is 36.8 Å². The maximum atomic E-state index is 12.6. The van der Waals surface area contributed by atoms with Gasteiger partial charge in [0.2, 0.25) is 0 Å². The highest BCUT2D eigenvalue weighted by molar-refractivity contribution is 5.75. The number of carbonyl (C=O) groups is 1. The average molecular weight is 473 g/mol. The number of rotatable bonds is 6. The zero-order valence-corrected chi connectivity index (χ0v) is 21.9. The number of aliphatic hydroxyl groups is 2. The number of allylic oxidation sites excluding steroid dienone is 4. The molecule has 0 radical (unpaired) electrons. The zero-order valence-electron chi connectivity index (χ0n) is 21.9. The second-order valence-electron chi connectivity index (χ2n) is 11.5. The van der Waals surface area contributed by atoms with Gasteiger partial charge in [0.15, 0.2) is 6.10 Å². The van der Waals surface area contributed by atoms with Gasteiger partial charge in [-0.1, -0.05) is 44.2 Å². The van der Waals surface area contributed by atoms with Gasteiger partial charge < -0.3 is 19.7 Å². The molecule has 6 atom stereocenters. The standard InChI is InChI=1S/C29H44O5/c1-8-26(27(32)34-28(4,5)6)33-19(3)23-13-14-24-20(10-9-15-29(23,24)7)11-12-21-16-22(30)17-25(31)18(21)2/h11-13,19,22,24-26,30-31H,2,8-10,14-17H2,1,3-7H3/b20-11+,21-12-/t19?,22-,24+,25+,26+,29-/m1/s1. The fourth-order valence-corrected chi connectivity index (χ4v) is 5.95. The van der Waals surface area contributed by atoms with Crippen LogP contribution in [0.2, 0.25) is 0 Å². The molecular formula is C29H44O5. The number of fused-ring (bicyclic) bond motifs is 1. The molecule has 1 unspecified atom stereocenters. The lowest BCUT2D eigenvalue weighted by Crippen LogP contribution is -2.39. The van der Waals surface area contributed by atoms with E-state index < -0.39 is 23.9 Å². The van der Waals surface area contributed by atoms with E-state index in [0.29, 0.717) is 25.2 Å². The molecule has 3 aliphatic rings. The maximum absolute atomic E-state index is 12.6. The highest BCUT2D eigenvalue weighted by Gasteiger charge is 2.47. The Morgan fingerprint density at radius 1 is 1.32 bits per heavy atom. The van der Waals surface area contributed by atoms with Crippen LogP contribution >= 0.6 is 0 Å². The Morgan fingerprint density at radius 2 is 2.03 bits per heavy atom. The smallest absolute Gasteiger partial charge is 0.335 e. The molecule has 2 N–H and O–H groups in total. The van der Waals surface area contributed by atoms with E-state index in [1.807, 2.05) is 27.7 Å². The molecule has 0 spiro atoms. The van der Waals surface area contributed by atoms with Gasteiger partial charge >= 0.3 is 5.97 Å². The molecule has 5 nitrogen and oxygen atoms in total. The first-order valence-electron chi connectivity index (χ1n) is 12.9. The van der Waals surface area contributed by atoms with Crippen molar-refractivity contribution in [2.75, 3.05) is 0 Å². The highest BCUT2D eigenvalue weighted by atomic mass is 16.6. The second-order valence-corrected chi connectivity index (χ2v) is 11.5. The van der Waals surface area contributed by atoms with Gasteiger partial charge in [-0.2, -0.15) is 0 Å². The van der Waals surface area contributed by atoms with Crippen molar-refractivity contribution in [3.8, 4) is 0 Å². The van der Waals surface area contributed by atoms with E-state index >= 15 is 0 Å². The monoisotopic (exact) mass is 472 g/mol. The Bertz CT molecular complexity index is 873. The van der Waals surface area contributed by atoms with Crippen LogP contribution in [-0.4, -0.2) is 46.2 Å². The van der Waals surface area contributed by atoms with Crippen molar-refractivity contribution in [3.63, 3.8) is 0 Å². The molecule has 3 aliphatic carbocycles. The number of aliphatic hydroxyl groups excluding tert-OH is 2. The molecule has 190 valence electrons. The molecule has 0 aliphatic heterocycles. The molecule has 3 rings (SSSR count). The van der Waals surface area contributed by atoms with Crippen molar-refractivity contribution in [2.24, 2.45) is 11.3 Å². The topological polar surface area (TPSA) is 76.0 Å². The molecule has 0 heterocycles. The third kappa shape index (κ3) is 5.92. The number of hydrogen-bond acceptors (Lipinski definition) is 5. The predicted molar refractivity (Wildman–Crippen MR) is 135 cm³/mol. The van der Waals surface area contributed by atoms with Gasteiger partial charge in [-0.15, -0.1) is 0 Å². The molecule has 0 aromatic rings. The quantitative estimate of drug-likeness (QED) is 0.390. The normalized spacial score (nSPS) is 34.1. The first-order valence-corrected chi connectivity index (χ1v) is 12.9. The zero-order chi connectivity index (χ0) is 25.3. The minimum Gasteiger partial charge on any atom is -0.458 e. The summed E-state index contributed by atoms with van der Waals surface area (Å²) in [6.45, 7) is 16.0. The van der Waals surface area contributed by atoms with Gasteiger partial charge in [-0.05, 0) is 94.3 Å². The van der Waals surface area contributed by atoms with Crippen LogP contribution in [0.25, 0.3) is 0 Å². The Labute approximate surface area is 205 Å². The highest BCUT2D eigenvalue weighted by Crippen LogP contribution is 2.56. The van der Waals surface area contributed by atoms with Gasteiger partial charge in [0, 0.05) is 6.42 Å². The van der Waals surface area contributed by atoms with Crippen LogP contribution in [0.5, 0.6) is 0 Å². The lowest BCUT2D eigenvalue weighted by atomic mass is 9.63. The van der Waals surface area contributed by atoms with E-state index in [9.17, 15) is 15.0 Å². The number of ether oxygens (including phenoxy) is 2. The summed E-state index contributed by atoms with van der Waals surface area (Å²) in [6, 6.07) is 0. The average Bonchev–Trinajstić information content (AvgIpc) is 3.09. The van der Waals surface area contributed by atoms with Crippen LogP contribution in [0, 0.1) is 11.3 Å². The van der Waals surface area contributed by atoms with Crippen LogP contribution in [0.15, 0.2) is 47.1 Å². The molecule has 34 heavy (non-hydrogen) atoms. The number of carbonyl (C=O) groups excluding carboxylic acids is 1. The Kier molecular flexibility index (Phi) is 8.32. The molecule has 0 aromatic heterocycles. The molecule has 5 heteroatoms. The minimum absolute atomic E-state index is 0.00314. The summed E-state index contributed by atoms with van der Waals surface area (Å²) in [5.74, 6) is 0.0996. The summed E-state index contributed by atoms with van der Waals surface area (Å²) < 4.78 is 11.9. The summed E-state index contributed by atoms with van der Waals surface area (Å²) in [7, 11) is 0. The predicted octanol–water partition coefficient (Wildman–Crippen LogP) is 5.57. The van der Waals surface area contributed by atoms with Gasteiger partial charge in [0.25, 0.3) is 0 Å². The van der Waals surface area contributed by atoms with Crippen LogP contribution in [0.4, 0.5) is 0 Å². The Hall–Kier alpha value is -1.69. The number of hydrogen-bond donors (Lipinski definition) is 2. The molecule has 0 aromatic carbocycles. The van der Waals surface area contributed by atoms with Crippen LogP contribution in [0.1, 0.15) is 86.5 Å². The second kappa shape index (κ2) is 10.5. The van der Waals surface area contributed by atoms with E-state index in [1.54, 1.807) is 0 Å². The summed E-state index contributed by atoms with van der Waals surface area (Å²) in [6.07, 6.45) is 10.3.